The molecule has 0 spiro atoms. The van der Waals surface area contributed by atoms with Gasteiger partial charge in [0.05, 0.1) is 25.2 Å². The van der Waals surface area contributed by atoms with Gasteiger partial charge in [0.1, 0.15) is 12.3 Å². The molecular formula is C22H29N3O5S. The van der Waals surface area contributed by atoms with Crippen LogP contribution in [-0.4, -0.2) is 71.4 Å². The maximum Gasteiger partial charge on any atom is 0.240 e. The van der Waals surface area contributed by atoms with Gasteiger partial charge in [0.15, 0.2) is 5.75 Å². The molecule has 0 aromatic heterocycles. The van der Waals surface area contributed by atoms with Crippen molar-refractivity contribution >= 4 is 21.6 Å². The Morgan fingerprint density at radius 2 is 1.77 bits per heavy atom. The molecule has 0 radical (unpaired) electrons. The summed E-state index contributed by atoms with van der Waals surface area (Å²) >= 11 is 0. The van der Waals surface area contributed by atoms with Gasteiger partial charge >= 0.3 is 0 Å². The zero-order chi connectivity index (χ0) is 22.1. The van der Waals surface area contributed by atoms with Crippen molar-refractivity contribution in [3.8, 4) is 11.5 Å². The highest BCUT2D eigenvalue weighted by atomic mass is 32.2. The molecule has 8 nitrogen and oxygen atoms in total. The van der Waals surface area contributed by atoms with E-state index in [0.717, 1.165) is 49.8 Å². The quantitative estimate of drug-likeness (QED) is 0.561. The van der Waals surface area contributed by atoms with Crippen LogP contribution in [0.25, 0.3) is 0 Å². The molecular weight excluding hydrogens is 418 g/mol. The molecule has 1 aliphatic heterocycles. The fourth-order valence-corrected chi connectivity index (χ4v) is 4.15. The van der Waals surface area contributed by atoms with Crippen molar-refractivity contribution in [1.82, 2.24) is 10.2 Å². The molecule has 0 bridgehead atoms. The van der Waals surface area contributed by atoms with E-state index in [4.69, 9.17) is 9.47 Å². The Morgan fingerprint density at radius 1 is 1.10 bits per heavy atom. The summed E-state index contributed by atoms with van der Waals surface area (Å²) in [6, 6.07) is 15.9. The van der Waals surface area contributed by atoms with Gasteiger partial charge in [-0.15, -0.1) is 0 Å². The number of sulfonamides is 1. The highest BCUT2D eigenvalue weighted by Crippen LogP contribution is 2.33. The summed E-state index contributed by atoms with van der Waals surface area (Å²) in [5.74, 6) is 0.581. The van der Waals surface area contributed by atoms with Crippen molar-refractivity contribution in [3.05, 3.63) is 54.6 Å². The molecule has 1 heterocycles. The lowest BCUT2D eigenvalue weighted by molar-refractivity contribution is -0.119. The first-order valence-electron chi connectivity index (χ1n) is 10.3. The van der Waals surface area contributed by atoms with Gasteiger partial charge in [0.25, 0.3) is 0 Å². The summed E-state index contributed by atoms with van der Waals surface area (Å²) in [5, 5.41) is 2.82. The smallest absolute Gasteiger partial charge is 0.240 e. The van der Waals surface area contributed by atoms with Crippen molar-refractivity contribution < 1.29 is 22.7 Å². The lowest BCUT2D eigenvalue weighted by atomic mass is 10.2. The van der Waals surface area contributed by atoms with Crippen LogP contribution < -0.4 is 14.4 Å². The zero-order valence-electron chi connectivity index (χ0n) is 17.7. The average Bonchev–Trinajstić information content (AvgIpc) is 2.76. The van der Waals surface area contributed by atoms with Crippen molar-refractivity contribution in [2.45, 2.75) is 6.42 Å². The molecule has 1 N–H and O–H groups in total. The van der Waals surface area contributed by atoms with Crippen LogP contribution in [0.4, 0.5) is 5.69 Å². The summed E-state index contributed by atoms with van der Waals surface area (Å²) in [7, 11) is -3.71. The predicted octanol–water partition coefficient (Wildman–Crippen LogP) is 2.08. The summed E-state index contributed by atoms with van der Waals surface area (Å²) < 4.78 is 37.2. The topological polar surface area (TPSA) is 88.2 Å². The van der Waals surface area contributed by atoms with E-state index >= 15 is 0 Å². The van der Waals surface area contributed by atoms with Crippen molar-refractivity contribution in [3.63, 3.8) is 0 Å². The number of ether oxygens (including phenoxy) is 2. The maximum absolute atomic E-state index is 12.5. The second-order valence-electron chi connectivity index (χ2n) is 7.31. The number of hydrogen-bond acceptors (Lipinski definition) is 6. The van der Waals surface area contributed by atoms with Gasteiger partial charge in [0, 0.05) is 19.6 Å². The molecule has 2 aromatic rings. The monoisotopic (exact) mass is 447 g/mol. The predicted molar refractivity (Wildman–Crippen MR) is 120 cm³/mol. The lowest BCUT2D eigenvalue weighted by Gasteiger charge is -2.26. The molecule has 1 fully saturated rings. The van der Waals surface area contributed by atoms with Crippen LogP contribution in [0.2, 0.25) is 0 Å². The minimum absolute atomic E-state index is 0.314. The molecule has 3 rings (SSSR count). The standard InChI is InChI=1S/C22H29N3O5S/c1-31(27,28)25(18-22(26)23-12-7-13-24-14-16-29-17-15-24)20-10-5-6-11-21(20)30-19-8-3-2-4-9-19/h2-6,8-11H,7,12-18H2,1H3,(H,23,26). The maximum atomic E-state index is 12.5. The van der Waals surface area contributed by atoms with Crippen molar-refractivity contribution in [2.75, 3.05) is 56.5 Å². The molecule has 0 aliphatic carbocycles. The number of amides is 1. The van der Waals surface area contributed by atoms with Crippen molar-refractivity contribution in [2.24, 2.45) is 0 Å². The minimum Gasteiger partial charge on any atom is -0.455 e. The second kappa shape index (κ2) is 11.1. The third-order valence-electron chi connectivity index (χ3n) is 4.87. The Morgan fingerprint density at radius 3 is 2.48 bits per heavy atom. The first-order valence-corrected chi connectivity index (χ1v) is 12.1. The van der Waals surface area contributed by atoms with E-state index in [-0.39, 0.29) is 12.5 Å². The largest absolute Gasteiger partial charge is 0.455 e. The van der Waals surface area contributed by atoms with E-state index in [1.54, 1.807) is 36.4 Å². The van der Waals surface area contributed by atoms with E-state index in [1.807, 2.05) is 18.2 Å². The SMILES string of the molecule is CS(=O)(=O)N(CC(=O)NCCCN1CCOCC1)c1ccccc1Oc1ccccc1. The van der Waals surface area contributed by atoms with Gasteiger partial charge in [-0.2, -0.15) is 0 Å². The fourth-order valence-electron chi connectivity index (χ4n) is 3.29. The molecule has 0 atom stereocenters. The van der Waals surface area contributed by atoms with Crippen LogP contribution in [0.3, 0.4) is 0 Å². The number of nitrogens with zero attached hydrogens (tertiary/aromatic N) is 2. The number of nitrogens with one attached hydrogen (secondary N) is 1. The number of hydrogen-bond donors (Lipinski definition) is 1. The fraction of sp³-hybridized carbons (Fsp3) is 0.409. The van der Waals surface area contributed by atoms with Crippen molar-refractivity contribution in [1.29, 1.82) is 0 Å². The number of morpholine rings is 1. The summed E-state index contributed by atoms with van der Waals surface area (Å²) in [5.41, 5.74) is 0.317. The summed E-state index contributed by atoms with van der Waals surface area (Å²) in [4.78, 5) is 14.8. The highest BCUT2D eigenvalue weighted by Gasteiger charge is 2.24. The third-order valence-corrected chi connectivity index (χ3v) is 6.00. The van der Waals surface area contributed by atoms with Crippen LogP contribution in [0, 0.1) is 0 Å². The van der Waals surface area contributed by atoms with Crippen LogP contribution in [-0.2, 0) is 19.6 Å². The molecule has 1 aliphatic rings. The average molecular weight is 448 g/mol. The number of carbonyl (C=O) groups excluding carboxylic acids is 1. The molecule has 31 heavy (non-hydrogen) atoms. The molecule has 168 valence electrons. The Bertz CT molecular complexity index is 947. The highest BCUT2D eigenvalue weighted by molar-refractivity contribution is 7.92. The summed E-state index contributed by atoms with van der Waals surface area (Å²) in [6.07, 6.45) is 1.87. The Kier molecular flexibility index (Phi) is 8.27. The normalized spacial score (nSPS) is 14.7. The Hall–Kier alpha value is -2.62. The first-order chi connectivity index (χ1) is 14.9. The number of carbonyl (C=O) groups is 1. The number of anilines is 1. The van der Waals surface area contributed by atoms with Crippen LogP contribution in [0.15, 0.2) is 54.6 Å². The molecule has 2 aromatic carbocycles. The van der Waals surface area contributed by atoms with Gasteiger partial charge in [-0.05, 0) is 37.2 Å². The van der Waals surface area contributed by atoms with Crippen LogP contribution in [0.5, 0.6) is 11.5 Å². The van der Waals surface area contributed by atoms with Gasteiger partial charge < -0.3 is 14.8 Å². The number of rotatable bonds is 10. The molecule has 1 amide bonds. The Labute approximate surface area is 183 Å². The van der Waals surface area contributed by atoms with Gasteiger partial charge in [-0.3, -0.25) is 14.0 Å². The third kappa shape index (κ3) is 7.23. The van der Waals surface area contributed by atoms with E-state index < -0.39 is 10.0 Å². The summed E-state index contributed by atoms with van der Waals surface area (Å²) in [6.45, 7) is 4.30. The van der Waals surface area contributed by atoms with E-state index in [2.05, 4.69) is 10.2 Å². The molecule has 9 heteroatoms. The van der Waals surface area contributed by atoms with Gasteiger partial charge in [-0.25, -0.2) is 8.42 Å². The van der Waals surface area contributed by atoms with Gasteiger partial charge in [-0.1, -0.05) is 30.3 Å². The second-order valence-corrected chi connectivity index (χ2v) is 9.22. The first kappa shape index (κ1) is 23.1. The molecule has 0 saturated carbocycles. The van der Waals surface area contributed by atoms with E-state index in [9.17, 15) is 13.2 Å². The van der Waals surface area contributed by atoms with E-state index in [1.165, 1.54) is 0 Å². The Balaban J connectivity index is 1.62. The lowest BCUT2D eigenvalue weighted by Crippen LogP contribution is -2.42. The molecule has 0 unspecified atom stereocenters. The molecule has 1 saturated heterocycles. The van der Waals surface area contributed by atoms with Crippen LogP contribution in [0.1, 0.15) is 6.42 Å². The minimum atomic E-state index is -3.71. The van der Waals surface area contributed by atoms with E-state index in [0.29, 0.717) is 23.7 Å². The van der Waals surface area contributed by atoms with Crippen LogP contribution >= 0.6 is 0 Å². The van der Waals surface area contributed by atoms with Gasteiger partial charge in [0.2, 0.25) is 15.9 Å². The number of para-hydroxylation sites is 3. The number of benzene rings is 2. The zero-order valence-corrected chi connectivity index (χ0v) is 18.5.